The summed E-state index contributed by atoms with van der Waals surface area (Å²) in [5, 5.41) is 0. The van der Waals surface area contributed by atoms with Crippen LogP contribution in [0.1, 0.15) is 25.3 Å². The van der Waals surface area contributed by atoms with Crippen molar-refractivity contribution in [2.75, 3.05) is 37.7 Å². The molecule has 2 saturated heterocycles. The van der Waals surface area contributed by atoms with Crippen LogP contribution >= 0.6 is 0 Å². The number of morpholine rings is 1. The molecule has 6 heteroatoms. The fourth-order valence-electron chi connectivity index (χ4n) is 4.34. The summed E-state index contributed by atoms with van der Waals surface area (Å²) in [5.41, 5.74) is 1.32. The number of rotatable bonds is 5. The van der Waals surface area contributed by atoms with Crippen LogP contribution in [0.3, 0.4) is 0 Å². The van der Waals surface area contributed by atoms with E-state index in [-0.39, 0.29) is 18.3 Å². The first-order chi connectivity index (χ1) is 14.1. The van der Waals surface area contributed by atoms with Crippen molar-refractivity contribution in [3.05, 3.63) is 59.9 Å². The number of nitrogens with zero attached hydrogens (tertiary/aromatic N) is 2. The summed E-state index contributed by atoms with van der Waals surface area (Å²) in [7, 11) is 0. The number of likely N-dealkylation sites (tertiary alicyclic amines) is 1. The number of hydrogen-bond donors (Lipinski definition) is 0. The van der Waals surface area contributed by atoms with E-state index in [4.69, 9.17) is 9.47 Å². The minimum absolute atomic E-state index is 0.0277. The van der Waals surface area contributed by atoms with E-state index in [1.165, 1.54) is 12.1 Å². The molecule has 2 aromatic rings. The maximum absolute atomic E-state index is 13.7. The highest BCUT2D eigenvalue weighted by Crippen LogP contribution is 2.33. The van der Waals surface area contributed by atoms with Crippen LogP contribution < -0.4 is 9.64 Å². The number of benzene rings is 2. The van der Waals surface area contributed by atoms with Crippen LogP contribution in [0.2, 0.25) is 0 Å². The molecule has 0 N–H and O–H groups in total. The second kappa shape index (κ2) is 8.51. The Morgan fingerprint density at radius 2 is 2.03 bits per heavy atom. The third kappa shape index (κ3) is 4.43. The Morgan fingerprint density at radius 1 is 1.17 bits per heavy atom. The highest BCUT2D eigenvalue weighted by molar-refractivity contribution is 5.95. The van der Waals surface area contributed by atoms with Crippen LogP contribution in [0.15, 0.2) is 48.5 Å². The summed E-state index contributed by atoms with van der Waals surface area (Å²) in [4.78, 5) is 16.5. The second-order valence-corrected chi connectivity index (χ2v) is 7.79. The van der Waals surface area contributed by atoms with E-state index in [1.54, 1.807) is 17.0 Å². The van der Waals surface area contributed by atoms with Crippen molar-refractivity contribution >= 4 is 11.6 Å². The Bertz CT molecular complexity index is 875. The number of para-hydroxylation sites is 1. The molecular weight excluding hydrogens is 371 g/mol. The lowest BCUT2D eigenvalue weighted by Crippen LogP contribution is -2.61. The lowest BCUT2D eigenvalue weighted by atomic mass is 9.90. The summed E-state index contributed by atoms with van der Waals surface area (Å²) >= 11 is 0. The summed E-state index contributed by atoms with van der Waals surface area (Å²) in [5.74, 6) is 0.449. The molecule has 2 heterocycles. The Labute approximate surface area is 171 Å². The van der Waals surface area contributed by atoms with Crippen molar-refractivity contribution in [1.82, 2.24) is 4.90 Å². The van der Waals surface area contributed by atoms with E-state index in [1.807, 2.05) is 25.1 Å². The van der Waals surface area contributed by atoms with Gasteiger partial charge in [0.1, 0.15) is 18.2 Å². The average molecular weight is 398 g/mol. The smallest absolute Gasteiger partial charge is 0.253 e. The monoisotopic (exact) mass is 398 g/mol. The molecule has 2 fully saturated rings. The van der Waals surface area contributed by atoms with Gasteiger partial charge in [0, 0.05) is 24.3 Å². The molecule has 0 aliphatic carbocycles. The maximum Gasteiger partial charge on any atom is 0.253 e. The van der Waals surface area contributed by atoms with Crippen molar-refractivity contribution < 1.29 is 18.7 Å². The van der Waals surface area contributed by atoms with Gasteiger partial charge >= 0.3 is 0 Å². The third-order valence-electron chi connectivity index (χ3n) is 5.65. The zero-order valence-electron chi connectivity index (χ0n) is 16.8. The number of carbonyl (C=O) groups excluding carboxylic acids is 1. The molecule has 0 saturated carbocycles. The van der Waals surface area contributed by atoms with Crippen LogP contribution in [0, 0.1) is 5.82 Å². The molecular formula is C23H27FN2O3. The number of piperidine rings is 1. The molecule has 29 heavy (non-hydrogen) atoms. The molecule has 2 aliphatic heterocycles. The molecule has 5 nitrogen and oxygen atoms in total. The molecule has 1 amide bonds. The topological polar surface area (TPSA) is 42.0 Å². The largest absolute Gasteiger partial charge is 0.494 e. The Balaban J connectivity index is 1.50. The minimum atomic E-state index is -0.432. The quantitative estimate of drug-likeness (QED) is 0.772. The van der Waals surface area contributed by atoms with Gasteiger partial charge in [0.25, 0.3) is 5.91 Å². The van der Waals surface area contributed by atoms with Gasteiger partial charge in [0.05, 0.1) is 18.8 Å². The molecule has 1 unspecified atom stereocenters. The van der Waals surface area contributed by atoms with Gasteiger partial charge in [0.15, 0.2) is 0 Å². The van der Waals surface area contributed by atoms with E-state index < -0.39 is 5.60 Å². The molecule has 1 atom stereocenters. The molecule has 2 aliphatic rings. The highest BCUT2D eigenvalue weighted by Gasteiger charge is 2.43. The van der Waals surface area contributed by atoms with Crippen LogP contribution in [0.25, 0.3) is 0 Å². The molecule has 0 radical (unpaired) electrons. The molecule has 0 aromatic heterocycles. The molecule has 2 aromatic carbocycles. The predicted octanol–water partition coefficient (Wildman–Crippen LogP) is 3.62. The van der Waals surface area contributed by atoms with Crippen LogP contribution in [-0.2, 0) is 16.1 Å². The summed E-state index contributed by atoms with van der Waals surface area (Å²) in [6.07, 6.45) is 1.87. The maximum atomic E-state index is 13.7. The van der Waals surface area contributed by atoms with E-state index >= 15 is 0 Å². The standard InChI is InChI=1S/C23H27FN2O3/c1-2-28-21-10-4-3-7-18(21)14-25-12-6-11-23(16-25)17-26(22(27)15-29-23)20-9-5-8-19(24)13-20/h3-5,7-10,13H,2,6,11-12,14-17H2,1H3. The lowest BCUT2D eigenvalue weighted by molar-refractivity contribution is -0.146. The molecule has 4 rings (SSSR count). The molecule has 0 bridgehead atoms. The summed E-state index contributed by atoms with van der Waals surface area (Å²) in [6, 6.07) is 14.3. The summed E-state index contributed by atoms with van der Waals surface area (Å²) < 4.78 is 25.6. The van der Waals surface area contributed by atoms with Crippen LogP contribution in [0.4, 0.5) is 10.1 Å². The number of anilines is 1. The number of ether oxygens (including phenoxy) is 2. The van der Waals surface area contributed by atoms with Gasteiger partial charge in [-0.3, -0.25) is 9.69 Å². The number of amides is 1. The van der Waals surface area contributed by atoms with Gasteiger partial charge in [-0.25, -0.2) is 4.39 Å². The first-order valence-electron chi connectivity index (χ1n) is 10.2. The SMILES string of the molecule is CCOc1ccccc1CN1CCCC2(C1)CN(c1cccc(F)c1)C(=O)CO2. The van der Waals surface area contributed by atoms with Gasteiger partial charge in [-0.05, 0) is 50.6 Å². The number of hydrogen-bond acceptors (Lipinski definition) is 4. The number of halogens is 1. The average Bonchev–Trinajstić information content (AvgIpc) is 2.72. The van der Waals surface area contributed by atoms with Gasteiger partial charge in [-0.15, -0.1) is 0 Å². The molecule has 154 valence electrons. The highest BCUT2D eigenvalue weighted by atomic mass is 19.1. The second-order valence-electron chi connectivity index (χ2n) is 7.79. The Kier molecular flexibility index (Phi) is 5.83. The fraction of sp³-hybridized carbons (Fsp3) is 0.435. The summed E-state index contributed by atoms with van der Waals surface area (Å²) in [6.45, 7) is 5.56. The fourth-order valence-corrected chi connectivity index (χ4v) is 4.34. The Hall–Kier alpha value is -2.44. The van der Waals surface area contributed by atoms with Crippen LogP contribution in [-0.4, -0.2) is 49.3 Å². The molecule has 1 spiro atoms. The van der Waals surface area contributed by atoms with Crippen molar-refractivity contribution in [2.45, 2.75) is 31.9 Å². The first-order valence-corrected chi connectivity index (χ1v) is 10.2. The predicted molar refractivity (Wildman–Crippen MR) is 110 cm³/mol. The van der Waals surface area contributed by atoms with Gasteiger partial charge in [-0.2, -0.15) is 0 Å². The minimum Gasteiger partial charge on any atom is -0.494 e. The normalized spacial score (nSPS) is 22.8. The first kappa shape index (κ1) is 19.9. The number of carbonyl (C=O) groups is 1. The van der Waals surface area contributed by atoms with Crippen molar-refractivity contribution in [2.24, 2.45) is 0 Å². The zero-order valence-corrected chi connectivity index (χ0v) is 16.8. The van der Waals surface area contributed by atoms with Crippen molar-refractivity contribution in [3.63, 3.8) is 0 Å². The third-order valence-corrected chi connectivity index (χ3v) is 5.65. The van der Waals surface area contributed by atoms with E-state index in [0.29, 0.717) is 18.8 Å². The van der Waals surface area contributed by atoms with Crippen LogP contribution in [0.5, 0.6) is 5.75 Å². The van der Waals surface area contributed by atoms with Gasteiger partial charge in [-0.1, -0.05) is 24.3 Å². The van der Waals surface area contributed by atoms with E-state index in [9.17, 15) is 9.18 Å². The zero-order chi connectivity index (χ0) is 20.3. The van der Waals surface area contributed by atoms with E-state index in [2.05, 4.69) is 11.0 Å². The van der Waals surface area contributed by atoms with E-state index in [0.717, 1.165) is 43.8 Å². The van der Waals surface area contributed by atoms with Crippen molar-refractivity contribution in [1.29, 1.82) is 0 Å². The Morgan fingerprint density at radius 3 is 2.86 bits per heavy atom. The van der Waals surface area contributed by atoms with Gasteiger partial charge in [0.2, 0.25) is 0 Å². The van der Waals surface area contributed by atoms with Gasteiger partial charge < -0.3 is 14.4 Å². The van der Waals surface area contributed by atoms with Crippen molar-refractivity contribution in [3.8, 4) is 5.75 Å². The lowest BCUT2D eigenvalue weighted by Gasteiger charge is -2.47.